The maximum atomic E-state index is 12.1. The van der Waals surface area contributed by atoms with Crippen molar-refractivity contribution in [2.75, 3.05) is 25.9 Å². The second-order valence-electron chi connectivity index (χ2n) is 6.05. The van der Waals surface area contributed by atoms with Crippen LogP contribution < -0.4 is 10.5 Å². The zero-order valence-electron chi connectivity index (χ0n) is 13.0. The van der Waals surface area contributed by atoms with Crippen molar-refractivity contribution < 1.29 is 14.3 Å². The number of amides is 1. The number of carbonyl (C=O) groups excluding carboxylic acids is 1. The Balaban J connectivity index is 2.10. The van der Waals surface area contributed by atoms with Crippen LogP contribution in [0.1, 0.15) is 26.3 Å². The van der Waals surface area contributed by atoms with Crippen LogP contribution in [0.25, 0.3) is 5.57 Å². The smallest absolute Gasteiger partial charge is 0.410 e. The molecule has 21 heavy (non-hydrogen) atoms. The fourth-order valence-corrected chi connectivity index (χ4v) is 2.19. The largest absolute Gasteiger partial charge is 0.496 e. The van der Waals surface area contributed by atoms with E-state index in [1.807, 2.05) is 39.0 Å². The third-order valence-corrected chi connectivity index (χ3v) is 3.14. The maximum absolute atomic E-state index is 12.1. The van der Waals surface area contributed by atoms with Crippen molar-refractivity contribution >= 4 is 17.4 Å². The summed E-state index contributed by atoms with van der Waals surface area (Å²) in [4.78, 5) is 13.7. The summed E-state index contributed by atoms with van der Waals surface area (Å²) in [5.41, 5.74) is 7.92. The Morgan fingerprint density at radius 1 is 1.33 bits per heavy atom. The van der Waals surface area contributed by atoms with E-state index in [9.17, 15) is 4.79 Å². The Kier molecular flexibility index (Phi) is 4.11. The molecule has 5 nitrogen and oxygen atoms in total. The first kappa shape index (κ1) is 15.2. The number of nitrogens with two attached hydrogens (primary N) is 1. The zero-order valence-corrected chi connectivity index (χ0v) is 13.0. The zero-order chi connectivity index (χ0) is 15.6. The first-order valence-corrected chi connectivity index (χ1v) is 6.91. The molecule has 0 saturated heterocycles. The van der Waals surface area contributed by atoms with Crippen LogP contribution in [0.15, 0.2) is 24.3 Å². The van der Waals surface area contributed by atoms with Gasteiger partial charge in [0.1, 0.15) is 11.4 Å². The molecule has 0 fully saturated rings. The molecule has 2 N–H and O–H groups in total. The standard InChI is InChI=1S/C16H22N2O3/c1-16(2,3)21-15(19)18-8-7-11(10-18)13-6-5-12(17)9-14(13)20-4/h5-7,9H,8,10,17H2,1-4H3. The number of methoxy groups -OCH3 is 1. The molecule has 0 unspecified atom stereocenters. The fourth-order valence-electron chi connectivity index (χ4n) is 2.19. The molecule has 0 spiro atoms. The quantitative estimate of drug-likeness (QED) is 0.851. The van der Waals surface area contributed by atoms with Gasteiger partial charge < -0.3 is 20.1 Å². The van der Waals surface area contributed by atoms with Crippen LogP contribution in [-0.4, -0.2) is 36.8 Å². The second-order valence-corrected chi connectivity index (χ2v) is 6.05. The van der Waals surface area contributed by atoms with Crippen molar-refractivity contribution in [1.29, 1.82) is 0 Å². The first-order chi connectivity index (χ1) is 9.80. The van der Waals surface area contributed by atoms with Crippen LogP contribution in [0.3, 0.4) is 0 Å². The van der Waals surface area contributed by atoms with Gasteiger partial charge in [-0.3, -0.25) is 0 Å². The summed E-state index contributed by atoms with van der Waals surface area (Å²) < 4.78 is 10.7. The molecule has 1 heterocycles. The predicted molar refractivity (Wildman–Crippen MR) is 83.2 cm³/mol. The summed E-state index contributed by atoms with van der Waals surface area (Å²) in [6.07, 6.45) is 1.71. The van der Waals surface area contributed by atoms with Gasteiger partial charge >= 0.3 is 6.09 Å². The molecule has 1 aromatic rings. The molecule has 0 aromatic heterocycles. The minimum Gasteiger partial charge on any atom is -0.496 e. The summed E-state index contributed by atoms with van der Waals surface area (Å²) in [7, 11) is 1.61. The number of rotatable bonds is 2. The average molecular weight is 290 g/mol. The molecule has 1 amide bonds. The number of benzene rings is 1. The molecule has 1 aliphatic heterocycles. The van der Waals surface area contributed by atoms with Crippen molar-refractivity contribution in [2.45, 2.75) is 26.4 Å². The van der Waals surface area contributed by atoms with Gasteiger partial charge in [-0.25, -0.2) is 4.79 Å². The highest BCUT2D eigenvalue weighted by Crippen LogP contribution is 2.31. The van der Waals surface area contributed by atoms with E-state index < -0.39 is 5.60 Å². The molecule has 0 atom stereocenters. The lowest BCUT2D eigenvalue weighted by Gasteiger charge is -2.24. The summed E-state index contributed by atoms with van der Waals surface area (Å²) in [5, 5.41) is 0. The number of nitrogens with zero attached hydrogens (tertiary/aromatic N) is 1. The minimum absolute atomic E-state index is 0.303. The molecule has 5 heteroatoms. The van der Waals surface area contributed by atoms with Crippen LogP contribution in [-0.2, 0) is 4.74 Å². The summed E-state index contributed by atoms with van der Waals surface area (Å²) >= 11 is 0. The van der Waals surface area contributed by atoms with Crippen molar-refractivity contribution in [3.8, 4) is 5.75 Å². The predicted octanol–water partition coefficient (Wildman–Crippen LogP) is 2.91. The third kappa shape index (κ3) is 3.68. The molecule has 0 aliphatic carbocycles. The fraction of sp³-hybridized carbons (Fsp3) is 0.438. The Hall–Kier alpha value is -2.17. The third-order valence-electron chi connectivity index (χ3n) is 3.14. The lowest BCUT2D eigenvalue weighted by atomic mass is 10.1. The van der Waals surface area contributed by atoms with Crippen molar-refractivity contribution in [3.05, 3.63) is 29.8 Å². The van der Waals surface area contributed by atoms with E-state index >= 15 is 0 Å². The van der Waals surface area contributed by atoms with E-state index in [0.717, 1.165) is 11.1 Å². The van der Waals surface area contributed by atoms with Crippen LogP contribution in [0, 0.1) is 0 Å². The molecular weight excluding hydrogens is 268 g/mol. The van der Waals surface area contributed by atoms with Gasteiger partial charge in [0, 0.05) is 30.4 Å². The normalized spacial score (nSPS) is 14.9. The van der Waals surface area contributed by atoms with Crippen molar-refractivity contribution in [1.82, 2.24) is 4.90 Å². The Bertz CT molecular complexity index is 573. The highest BCUT2D eigenvalue weighted by Gasteiger charge is 2.26. The lowest BCUT2D eigenvalue weighted by Crippen LogP contribution is -2.35. The van der Waals surface area contributed by atoms with Crippen molar-refractivity contribution in [3.63, 3.8) is 0 Å². The number of nitrogen functional groups attached to an aromatic ring is 1. The molecule has 1 aliphatic rings. The van der Waals surface area contributed by atoms with Crippen molar-refractivity contribution in [2.24, 2.45) is 0 Å². The molecule has 114 valence electrons. The summed E-state index contributed by atoms with van der Waals surface area (Å²) in [6, 6.07) is 5.53. The van der Waals surface area contributed by atoms with E-state index in [1.54, 1.807) is 18.1 Å². The number of carbonyl (C=O) groups is 1. The Morgan fingerprint density at radius 3 is 2.67 bits per heavy atom. The van der Waals surface area contributed by atoms with E-state index in [0.29, 0.717) is 24.5 Å². The highest BCUT2D eigenvalue weighted by molar-refractivity contribution is 5.80. The molecule has 2 rings (SSSR count). The van der Waals surface area contributed by atoms with E-state index in [2.05, 4.69) is 0 Å². The monoisotopic (exact) mass is 290 g/mol. The molecular formula is C16H22N2O3. The van der Waals surface area contributed by atoms with Crippen LogP contribution in [0.2, 0.25) is 0 Å². The number of anilines is 1. The van der Waals surface area contributed by atoms with Gasteiger partial charge in [0.15, 0.2) is 0 Å². The van der Waals surface area contributed by atoms with Gasteiger partial charge in [-0.2, -0.15) is 0 Å². The van der Waals surface area contributed by atoms with Gasteiger partial charge in [0.05, 0.1) is 7.11 Å². The minimum atomic E-state index is -0.487. The van der Waals surface area contributed by atoms with Gasteiger partial charge in [-0.15, -0.1) is 0 Å². The summed E-state index contributed by atoms with van der Waals surface area (Å²) in [5.74, 6) is 0.715. The van der Waals surface area contributed by atoms with Gasteiger partial charge in [-0.05, 0) is 38.5 Å². The van der Waals surface area contributed by atoms with Gasteiger partial charge in [0.25, 0.3) is 0 Å². The van der Waals surface area contributed by atoms with Gasteiger partial charge in [-0.1, -0.05) is 6.08 Å². The summed E-state index contributed by atoms with van der Waals surface area (Å²) in [6.45, 7) is 6.63. The topological polar surface area (TPSA) is 64.8 Å². The van der Waals surface area contributed by atoms with Crippen LogP contribution >= 0.6 is 0 Å². The van der Waals surface area contributed by atoms with E-state index in [-0.39, 0.29) is 6.09 Å². The SMILES string of the molecule is COc1cc(N)ccc1C1=CCN(C(=O)OC(C)(C)C)C1. The molecule has 1 aromatic carbocycles. The Morgan fingerprint density at radius 2 is 2.05 bits per heavy atom. The van der Waals surface area contributed by atoms with Gasteiger partial charge in [0.2, 0.25) is 0 Å². The molecule has 0 bridgehead atoms. The average Bonchev–Trinajstić information content (AvgIpc) is 2.86. The lowest BCUT2D eigenvalue weighted by molar-refractivity contribution is 0.0306. The number of hydrogen-bond acceptors (Lipinski definition) is 4. The Labute approximate surface area is 125 Å². The molecule has 0 saturated carbocycles. The number of hydrogen-bond donors (Lipinski definition) is 1. The second kappa shape index (κ2) is 5.68. The highest BCUT2D eigenvalue weighted by atomic mass is 16.6. The first-order valence-electron chi connectivity index (χ1n) is 6.91. The van der Waals surface area contributed by atoms with E-state index in [1.165, 1.54) is 0 Å². The van der Waals surface area contributed by atoms with Crippen LogP contribution in [0.4, 0.5) is 10.5 Å². The molecule has 0 radical (unpaired) electrons. The maximum Gasteiger partial charge on any atom is 0.410 e. The van der Waals surface area contributed by atoms with E-state index in [4.69, 9.17) is 15.2 Å². The number of ether oxygens (including phenoxy) is 2. The van der Waals surface area contributed by atoms with Crippen LogP contribution in [0.5, 0.6) is 5.75 Å².